The zero-order valence-corrected chi connectivity index (χ0v) is 21.4. The molecule has 190 valence electrons. The fourth-order valence-corrected chi connectivity index (χ4v) is 4.66. The van der Waals surface area contributed by atoms with Gasteiger partial charge in [-0.2, -0.15) is 0 Å². The van der Waals surface area contributed by atoms with Crippen LogP contribution >= 0.6 is 0 Å². The number of hydrogen-bond acceptors (Lipinski definition) is 3. The molecule has 4 rings (SSSR count). The van der Waals surface area contributed by atoms with Crippen molar-refractivity contribution < 1.29 is 14.3 Å². The van der Waals surface area contributed by atoms with Gasteiger partial charge in [-0.25, -0.2) is 4.79 Å². The molecular formula is C29H36N4O3. The minimum atomic E-state index is -0.275. The lowest BCUT2D eigenvalue weighted by molar-refractivity contribution is -0.134. The van der Waals surface area contributed by atoms with Crippen molar-refractivity contribution in [1.29, 1.82) is 0 Å². The summed E-state index contributed by atoms with van der Waals surface area (Å²) in [5.41, 5.74) is 4.43. The highest BCUT2D eigenvalue weighted by atomic mass is 16.5. The molecule has 2 heterocycles. The molecule has 1 aliphatic rings. The van der Waals surface area contributed by atoms with Crippen molar-refractivity contribution in [3.8, 4) is 0 Å². The Morgan fingerprint density at radius 3 is 2.47 bits per heavy atom. The number of rotatable bonds is 9. The first kappa shape index (κ1) is 25.5. The van der Waals surface area contributed by atoms with E-state index in [-0.39, 0.29) is 24.5 Å². The van der Waals surface area contributed by atoms with Crippen LogP contribution in [-0.4, -0.2) is 59.7 Å². The number of nitrogens with one attached hydrogen (secondary N) is 1. The van der Waals surface area contributed by atoms with Gasteiger partial charge in [-0.1, -0.05) is 68.4 Å². The summed E-state index contributed by atoms with van der Waals surface area (Å²) in [7, 11) is 1.59. The standard InChI is InChI=1S/C29H36N4O3/c1-22(2)24-11-13-25(14-12-24)28-26-10-7-15-31(26)16-17-33(28)27(34)21-32(18-19-36-3)29(35)30-20-23-8-5-4-6-9-23/h4-15,22,28H,16-21H2,1-3H3,(H,30,35). The average molecular weight is 489 g/mol. The largest absolute Gasteiger partial charge is 0.383 e. The van der Waals surface area contributed by atoms with Crippen LogP contribution in [0.15, 0.2) is 72.9 Å². The smallest absolute Gasteiger partial charge is 0.318 e. The zero-order chi connectivity index (χ0) is 25.5. The monoisotopic (exact) mass is 488 g/mol. The van der Waals surface area contributed by atoms with Crippen LogP contribution in [0.25, 0.3) is 0 Å². The van der Waals surface area contributed by atoms with Crippen LogP contribution in [0.3, 0.4) is 0 Å². The van der Waals surface area contributed by atoms with E-state index in [4.69, 9.17) is 4.74 Å². The number of benzene rings is 2. The quantitative estimate of drug-likeness (QED) is 0.486. The van der Waals surface area contributed by atoms with Crippen LogP contribution in [0, 0.1) is 0 Å². The van der Waals surface area contributed by atoms with Gasteiger partial charge in [0.1, 0.15) is 6.54 Å². The first-order valence-corrected chi connectivity index (χ1v) is 12.6. The highest BCUT2D eigenvalue weighted by molar-refractivity contribution is 5.84. The Morgan fingerprint density at radius 2 is 1.78 bits per heavy atom. The van der Waals surface area contributed by atoms with Crippen LogP contribution in [0.5, 0.6) is 0 Å². The van der Waals surface area contributed by atoms with Crippen molar-refractivity contribution in [2.75, 3.05) is 33.4 Å². The summed E-state index contributed by atoms with van der Waals surface area (Å²) in [4.78, 5) is 30.2. The van der Waals surface area contributed by atoms with Gasteiger partial charge in [0.15, 0.2) is 0 Å². The normalized spacial score (nSPS) is 15.0. The Labute approximate surface area is 213 Å². The van der Waals surface area contributed by atoms with Crippen molar-refractivity contribution in [2.45, 2.75) is 38.9 Å². The van der Waals surface area contributed by atoms with E-state index in [1.807, 2.05) is 41.3 Å². The number of carbonyl (C=O) groups is 2. The zero-order valence-electron chi connectivity index (χ0n) is 21.4. The van der Waals surface area contributed by atoms with Crippen LogP contribution in [0.1, 0.15) is 48.2 Å². The van der Waals surface area contributed by atoms with Gasteiger partial charge in [0.05, 0.1) is 12.6 Å². The topological polar surface area (TPSA) is 66.8 Å². The number of ether oxygens (including phenoxy) is 1. The first-order chi connectivity index (χ1) is 17.5. The van der Waals surface area contributed by atoms with E-state index in [2.05, 4.69) is 60.3 Å². The number of hydrogen-bond donors (Lipinski definition) is 1. The number of nitrogens with zero attached hydrogens (tertiary/aromatic N) is 3. The number of methoxy groups -OCH3 is 1. The first-order valence-electron chi connectivity index (χ1n) is 12.6. The van der Waals surface area contributed by atoms with Crippen LogP contribution in [0.2, 0.25) is 0 Å². The molecule has 1 N–H and O–H groups in total. The molecule has 1 aliphatic heterocycles. The van der Waals surface area contributed by atoms with Gasteiger partial charge in [-0.05, 0) is 34.7 Å². The Bertz CT molecular complexity index is 1140. The minimum Gasteiger partial charge on any atom is -0.383 e. The molecule has 1 aromatic heterocycles. The van der Waals surface area contributed by atoms with E-state index >= 15 is 0 Å². The second-order valence-corrected chi connectivity index (χ2v) is 9.50. The van der Waals surface area contributed by atoms with Crippen LogP contribution in [-0.2, 0) is 22.6 Å². The minimum absolute atomic E-state index is 0.00866. The van der Waals surface area contributed by atoms with E-state index in [0.29, 0.717) is 32.2 Å². The summed E-state index contributed by atoms with van der Waals surface area (Å²) >= 11 is 0. The molecule has 7 heteroatoms. The lowest BCUT2D eigenvalue weighted by Gasteiger charge is -2.38. The summed E-state index contributed by atoms with van der Waals surface area (Å²) in [6.45, 7) is 6.75. The molecule has 7 nitrogen and oxygen atoms in total. The molecular weight excluding hydrogens is 452 g/mol. The molecule has 0 fully saturated rings. The van der Waals surface area contributed by atoms with Gasteiger partial charge >= 0.3 is 6.03 Å². The van der Waals surface area contributed by atoms with E-state index < -0.39 is 0 Å². The summed E-state index contributed by atoms with van der Waals surface area (Å²) in [6.07, 6.45) is 2.06. The fraction of sp³-hybridized carbons (Fsp3) is 0.379. The van der Waals surface area contributed by atoms with E-state index in [1.165, 1.54) is 5.56 Å². The highest BCUT2D eigenvalue weighted by Gasteiger charge is 2.33. The van der Waals surface area contributed by atoms with Crippen molar-refractivity contribution in [2.24, 2.45) is 0 Å². The van der Waals surface area contributed by atoms with E-state index in [1.54, 1.807) is 12.0 Å². The maximum Gasteiger partial charge on any atom is 0.318 e. The molecule has 1 atom stereocenters. The molecule has 36 heavy (non-hydrogen) atoms. The van der Waals surface area contributed by atoms with Gasteiger partial charge in [-0.15, -0.1) is 0 Å². The van der Waals surface area contributed by atoms with Crippen LogP contribution in [0.4, 0.5) is 4.79 Å². The van der Waals surface area contributed by atoms with Crippen molar-refractivity contribution in [3.63, 3.8) is 0 Å². The SMILES string of the molecule is COCCN(CC(=O)N1CCn2cccc2C1c1ccc(C(C)C)cc1)C(=O)NCc1ccccc1. The van der Waals surface area contributed by atoms with Crippen LogP contribution < -0.4 is 5.32 Å². The third-order valence-electron chi connectivity index (χ3n) is 6.74. The Kier molecular flexibility index (Phi) is 8.44. The van der Waals surface area contributed by atoms with Gasteiger partial charge in [0, 0.05) is 45.2 Å². The molecule has 0 spiro atoms. The summed E-state index contributed by atoms with van der Waals surface area (Å²) in [5.74, 6) is 0.363. The number of carbonyl (C=O) groups excluding carboxylic acids is 2. The third kappa shape index (κ3) is 5.97. The molecule has 0 saturated heterocycles. The number of urea groups is 1. The van der Waals surface area contributed by atoms with Crippen molar-refractivity contribution in [3.05, 3.63) is 95.3 Å². The second kappa shape index (κ2) is 11.9. The number of fused-ring (bicyclic) bond motifs is 1. The lowest BCUT2D eigenvalue weighted by atomic mass is 9.95. The van der Waals surface area contributed by atoms with Gasteiger partial charge in [0.25, 0.3) is 0 Å². The maximum absolute atomic E-state index is 13.7. The van der Waals surface area contributed by atoms with Gasteiger partial charge in [0.2, 0.25) is 5.91 Å². The van der Waals surface area contributed by atoms with Gasteiger partial charge < -0.3 is 24.4 Å². The van der Waals surface area contributed by atoms with E-state index in [0.717, 1.165) is 23.4 Å². The fourth-order valence-electron chi connectivity index (χ4n) is 4.66. The molecule has 1 unspecified atom stereocenters. The number of aromatic nitrogens is 1. The molecule has 0 saturated carbocycles. The Hall–Kier alpha value is -3.58. The summed E-state index contributed by atoms with van der Waals surface area (Å²) in [5, 5.41) is 2.94. The van der Waals surface area contributed by atoms with Gasteiger partial charge in [-0.3, -0.25) is 4.79 Å². The predicted molar refractivity (Wildman–Crippen MR) is 141 cm³/mol. The Balaban J connectivity index is 1.52. The molecule has 3 aromatic rings. The summed E-state index contributed by atoms with van der Waals surface area (Å²) in [6, 6.07) is 21.9. The highest BCUT2D eigenvalue weighted by Crippen LogP contribution is 2.33. The summed E-state index contributed by atoms with van der Waals surface area (Å²) < 4.78 is 7.43. The van der Waals surface area contributed by atoms with Crippen molar-refractivity contribution in [1.82, 2.24) is 19.7 Å². The molecule has 3 amide bonds. The molecule has 0 aliphatic carbocycles. The predicted octanol–water partition coefficient (Wildman–Crippen LogP) is 4.40. The molecule has 0 bridgehead atoms. The lowest BCUT2D eigenvalue weighted by Crippen LogP contribution is -2.50. The third-order valence-corrected chi connectivity index (χ3v) is 6.74. The number of amides is 3. The van der Waals surface area contributed by atoms with E-state index in [9.17, 15) is 9.59 Å². The maximum atomic E-state index is 13.7. The van der Waals surface area contributed by atoms with Crippen molar-refractivity contribution >= 4 is 11.9 Å². The molecule has 2 aromatic carbocycles. The molecule has 0 radical (unpaired) electrons. The Morgan fingerprint density at radius 1 is 1.03 bits per heavy atom. The second-order valence-electron chi connectivity index (χ2n) is 9.50. The average Bonchev–Trinajstić information content (AvgIpc) is 3.38.